The molecule has 2 amide bonds. The smallest absolute Gasteiger partial charge is 0.242 e. The lowest BCUT2D eigenvalue weighted by Gasteiger charge is -2.15. The van der Waals surface area contributed by atoms with Crippen LogP contribution in [0.25, 0.3) is 0 Å². The molecule has 5 nitrogen and oxygen atoms in total. The number of amides is 2. The van der Waals surface area contributed by atoms with Crippen LogP contribution in [0.4, 0.5) is 11.4 Å². The number of thioether (sulfide) groups is 1. The summed E-state index contributed by atoms with van der Waals surface area (Å²) in [4.78, 5) is 32.0. The zero-order valence-corrected chi connectivity index (χ0v) is 19.3. The van der Waals surface area contributed by atoms with Crippen molar-refractivity contribution in [3.05, 3.63) is 71.8 Å². The predicted molar refractivity (Wildman–Crippen MR) is 130 cm³/mol. The van der Waals surface area contributed by atoms with Crippen molar-refractivity contribution in [3.8, 4) is 0 Å². The second kappa shape index (κ2) is 9.96. The molecule has 1 N–H and O–H groups in total. The normalized spacial score (nSPS) is 17.5. The van der Waals surface area contributed by atoms with E-state index in [4.69, 9.17) is 4.99 Å². The summed E-state index contributed by atoms with van der Waals surface area (Å²) >= 11 is 1.34. The van der Waals surface area contributed by atoms with E-state index < -0.39 is 5.25 Å². The van der Waals surface area contributed by atoms with Crippen molar-refractivity contribution >= 4 is 40.1 Å². The first-order valence-corrected chi connectivity index (χ1v) is 11.3. The third-order valence-corrected chi connectivity index (χ3v) is 6.39. The minimum atomic E-state index is -0.502. The Morgan fingerprint density at radius 3 is 2.42 bits per heavy atom. The van der Waals surface area contributed by atoms with Crippen LogP contribution in [0, 0.1) is 13.8 Å². The number of carbonyl (C=O) groups excluding carboxylic acids is 2. The molecule has 3 rings (SSSR count). The number of benzene rings is 2. The molecule has 1 saturated heterocycles. The minimum Gasteiger partial charge on any atom is -0.326 e. The lowest BCUT2D eigenvalue weighted by Crippen LogP contribution is -2.33. The summed E-state index contributed by atoms with van der Waals surface area (Å²) in [5.74, 6) is 0.137. The molecular formula is C25H29N3O2S. The summed E-state index contributed by atoms with van der Waals surface area (Å²) in [5, 5.41) is 3.01. The average Bonchev–Trinajstić information content (AvgIpc) is 3.00. The highest BCUT2D eigenvalue weighted by atomic mass is 32.2. The molecular weight excluding hydrogens is 406 g/mol. The molecule has 31 heavy (non-hydrogen) atoms. The number of anilines is 1. The lowest BCUT2D eigenvalue weighted by atomic mass is 10.0. The standard InChI is InChI=1S/C25H29N3O2S/c1-6-14-28-24(30)21(31-25(28)27-23-17(4)8-7-9-18(23)5)15-22(29)26-20-12-10-19(11-13-20)16(2)3/h6-13,16,21H,1,14-15H2,2-5H3,(H,26,29). The second-order valence-corrected chi connectivity index (χ2v) is 9.18. The molecule has 0 bridgehead atoms. The number of amidine groups is 1. The Balaban J connectivity index is 1.74. The van der Waals surface area contributed by atoms with E-state index in [9.17, 15) is 9.59 Å². The van der Waals surface area contributed by atoms with Gasteiger partial charge in [0.2, 0.25) is 11.8 Å². The summed E-state index contributed by atoms with van der Waals surface area (Å²) in [5.41, 5.74) is 4.90. The van der Waals surface area contributed by atoms with Gasteiger partial charge in [0.1, 0.15) is 5.25 Å². The monoisotopic (exact) mass is 435 g/mol. The van der Waals surface area contributed by atoms with E-state index >= 15 is 0 Å². The molecule has 1 atom stereocenters. The largest absolute Gasteiger partial charge is 0.326 e. The summed E-state index contributed by atoms with van der Waals surface area (Å²) in [6, 6.07) is 13.8. The molecule has 0 spiro atoms. The van der Waals surface area contributed by atoms with E-state index in [1.165, 1.54) is 17.3 Å². The van der Waals surface area contributed by atoms with E-state index in [-0.39, 0.29) is 18.2 Å². The first-order chi connectivity index (χ1) is 14.8. The van der Waals surface area contributed by atoms with Crippen LogP contribution < -0.4 is 5.32 Å². The third kappa shape index (κ3) is 5.44. The fourth-order valence-corrected chi connectivity index (χ4v) is 4.58. The Bertz CT molecular complexity index is 992. The van der Waals surface area contributed by atoms with Crippen LogP contribution in [0.1, 0.15) is 42.9 Å². The predicted octanol–water partition coefficient (Wildman–Crippen LogP) is 5.57. The van der Waals surface area contributed by atoms with Gasteiger partial charge in [0.05, 0.1) is 5.69 Å². The van der Waals surface area contributed by atoms with Gasteiger partial charge >= 0.3 is 0 Å². The fraction of sp³-hybridized carbons (Fsp3) is 0.320. The number of aryl methyl sites for hydroxylation is 2. The molecule has 1 aliphatic rings. The quantitative estimate of drug-likeness (QED) is 0.578. The zero-order valence-electron chi connectivity index (χ0n) is 18.5. The topological polar surface area (TPSA) is 61.8 Å². The molecule has 1 unspecified atom stereocenters. The van der Waals surface area contributed by atoms with Gasteiger partial charge in [0.25, 0.3) is 0 Å². The van der Waals surface area contributed by atoms with Gasteiger partial charge in [0, 0.05) is 18.7 Å². The van der Waals surface area contributed by atoms with Crippen LogP contribution in [-0.4, -0.2) is 33.7 Å². The number of hydrogen-bond donors (Lipinski definition) is 1. The molecule has 0 radical (unpaired) electrons. The van der Waals surface area contributed by atoms with Gasteiger partial charge in [-0.2, -0.15) is 0 Å². The molecule has 0 aliphatic carbocycles. The Morgan fingerprint density at radius 1 is 1.19 bits per heavy atom. The minimum absolute atomic E-state index is 0.0921. The van der Waals surface area contributed by atoms with Crippen LogP contribution in [0.15, 0.2) is 60.1 Å². The van der Waals surface area contributed by atoms with Gasteiger partial charge in [-0.05, 0) is 48.6 Å². The highest BCUT2D eigenvalue weighted by molar-refractivity contribution is 8.15. The Labute approximate surface area is 188 Å². The van der Waals surface area contributed by atoms with Gasteiger partial charge in [0.15, 0.2) is 5.17 Å². The Kier molecular flexibility index (Phi) is 7.33. The highest BCUT2D eigenvalue weighted by Crippen LogP contribution is 2.33. The highest BCUT2D eigenvalue weighted by Gasteiger charge is 2.38. The fourth-order valence-electron chi connectivity index (χ4n) is 3.43. The van der Waals surface area contributed by atoms with Crippen LogP contribution >= 0.6 is 11.8 Å². The SMILES string of the molecule is C=CCN1C(=O)C(CC(=O)Nc2ccc(C(C)C)cc2)SC1=Nc1c(C)cccc1C. The summed E-state index contributed by atoms with van der Waals surface area (Å²) in [6.45, 7) is 12.4. The second-order valence-electron chi connectivity index (χ2n) is 8.01. The number of carbonyl (C=O) groups is 2. The number of hydrogen-bond acceptors (Lipinski definition) is 4. The van der Waals surface area contributed by atoms with Crippen LogP contribution in [-0.2, 0) is 9.59 Å². The van der Waals surface area contributed by atoms with Crippen molar-refractivity contribution in [2.75, 3.05) is 11.9 Å². The average molecular weight is 436 g/mol. The van der Waals surface area contributed by atoms with Crippen molar-refractivity contribution in [2.45, 2.75) is 45.3 Å². The van der Waals surface area contributed by atoms with Crippen LogP contribution in [0.3, 0.4) is 0 Å². The molecule has 0 saturated carbocycles. The van der Waals surface area contributed by atoms with E-state index in [0.717, 1.165) is 22.5 Å². The number of aliphatic imine (C=N–C) groups is 1. The molecule has 162 valence electrons. The molecule has 6 heteroatoms. The van der Waals surface area contributed by atoms with Crippen LogP contribution in [0.5, 0.6) is 0 Å². The third-order valence-electron chi connectivity index (χ3n) is 5.21. The zero-order chi connectivity index (χ0) is 22.5. The Morgan fingerprint density at radius 2 is 1.84 bits per heavy atom. The van der Waals surface area contributed by atoms with Gasteiger partial charge in [-0.3, -0.25) is 14.5 Å². The molecule has 0 aromatic heterocycles. The van der Waals surface area contributed by atoms with Crippen molar-refractivity contribution in [3.63, 3.8) is 0 Å². The number of nitrogens with zero attached hydrogens (tertiary/aromatic N) is 2. The van der Waals surface area contributed by atoms with Gasteiger partial charge in [-0.1, -0.05) is 62.0 Å². The lowest BCUT2D eigenvalue weighted by molar-refractivity contribution is -0.127. The molecule has 1 fully saturated rings. The van der Waals surface area contributed by atoms with Gasteiger partial charge in [-0.25, -0.2) is 4.99 Å². The first kappa shape index (κ1) is 22.8. The van der Waals surface area contributed by atoms with E-state index in [2.05, 4.69) is 25.7 Å². The summed E-state index contributed by atoms with van der Waals surface area (Å²) in [7, 11) is 0. The van der Waals surface area contributed by atoms with Crippen molar-refractivity contribution in [1.82, 2.24) is 4.90 Å². The number of rotatable bonds is 7. The molecule has 1 heterocycles. The number of para-hydroxylation sites is 1. The van der Waals surface area contributed by atoms with Crippen LogP contribution in [0.2, 0.25) is 0 Å². The van der Waals surface area contributed by atoms with Crippen molar-refractivity contribution in [1.29, 1.82) is 0 Å². The maximum absolute atomic E-state index is 13.0. The first-order valence-electron chi connectivity index (χ1n) is 10.4. The molecule has 2 aromatic rings. The molecule has 2 aromatic carbocycles. The number of nitrogens with one attached hydrogen (secondary N) is 1. The van der Waals surface area contributed by atoms with E-state index in [0.29, 0.717) is 17.6 Å². The van der Waals surface area contributed by atoms with E-state index in [1.807, 2.05) is 56.3 Å². The summed E-state index contributed by atoms with van der Waals surface area (Å²) in [6.07, 6.45) is 1.77. The van der Waals surface area contributed by atoms with Gasteiger partial charge in [-0.15, -0.1) is 6.58 Å². The summed E-state index contributed by atoms with van der Waals surface area (Å²) < 4.78 is 0. The maximum Gasteiger partial charge on any atom is 0.242 e. The van der Waals surface area contributed by atoms with Crippen molar-refractivity contribution in [2.24, 2.45) is 4.99 Å². The molecule has 1 aliphatic heterocycles. The van der Waals surface area contributed by atoms with Gasteiger partial charge < -0.3 is 5.32 Å². The van der Waals surface area contributed by atoms with Crippen molar-refractivity contribution < 1.29 is 9.59 Å². The maximum atomic E-state index is 13.0. The van der Waals surface area contributed by atoms with E-state index in [1.54, 1.807) is 11.0 Å². The Hall–Kier alpha value is -2.86.